The van der Waals surface area contributed by atoms with E-state index in [4.69, 9.17) is 19.3 Å². The minimum Gasteiger partial charge on any atom is -0.471 e. The van der Waals surface area contributed by atoms with E-state index in [0.29, 0.717) is 29.9 Å². The first kappa shape index (κ1) is 17.8. The summed E-state index contributed by atoms with van der Waals surface area (Å²) in [6.45, 7) is 0.406. The van der Waals surface area contributed by atoms with Gasteiger partial charge in [-0.1, -0.05) is 0 Å². The first-order valence-corrected chi connectivity index (χ1v) is 8.82. The van der Waals surface area contributed by atoms with E-state index in [-0.39, 0.29) is 0 Å². The van der Waals surface area contributed by atoms with Crippen LogP contribution in [-0.2, 0) is 0 Å². The summed E-state index contributed by atoms with van der Waals surface area (Å²) >= 11 is 0. The van der Waals surface area contributed by atoms with Gasteiger partial charge in [0.2, 0.25) is 0 Å². The van der Waals surface area contributed by atoms with Crippen LogP contribution in [0.5, 0.6) is 5.75 Å². The van der Waals surface area contributed by atoms with Crippen LogP contribution >= 0.6 is 0 Å². The predicted octanol–water partition coefficient (Wildman–Crippen LogP) is 3.07. The lowest BCUT2D eigenvalue weighted by Crippen LogP contribution is -2.29. The van der Waals surface area contributed by atoms with Crippen molar-refractivity contribution < 1.29 is 13.6 Å². The van der Waals surface area contributed by atoms with Crippen LogP contribution in [0.15, 0.2) is 79.1 Å². The lowest BCUT2D eigenvalue weighted by Gasteiger charge is -2.21. The van der Waals surface area contributed by atoms with Crippen LogP contribution in [0.2, 0.25) is 0 Å². The maximum Gasteiger partial charge on any atom is 0.336 e. The first-order valence-electron chi connectivity index (χ1n) is 8.82. The molecule has 2 heterocycles. The maximum absolute atomic E-state index is 11.4. The molecule has 1 atom stereocenters. The second-order valence-corrected chi connectivity index (χ2v) is 6.29. The number of nitrogens with one attached hydrogen (secondary N) is 1. The highest BCUT2D eigenvalue weighted by molar-refractivity contribution is 5.80. The van der Waals surface area contributed by atoms with Gasteiger partial charge >= 0.3 is 11.3 Å². The smallest absolute Gasteiger partial charge is 0.336 e. The third-order valence-electron chi connectivity index (χ3n) is 4.25. The molecule has 142 valence electrons. The van der Waals surface area contributed by atoms with Gasteiger partial charge in [0.05, 0.1) is 0 Å². The van der Waals surface area contributed by atoms with E-state index in [9.17, 15) is 9.59 Å². The third-order valence-corrected chi connectivity index (χ3v) is 4.25. The molecule has 1 unspecified atom stereocenters. The van der Waals surface area contributed by atoms with Crippen molar-refractivity contribution in [1.82, 2.24) is 0 Å². The van der Waals surface area contributed by atoms with Crippen molar-refractivity contribution in [3.05, 3.63) is 81.5 Å². The molecule has 7 nitrogen and oxygen atoms in total. The highest BCUT2D eigenvalue weighted by Gasteiger charge is 2.11. The van der Waals surface area contributed by atoms with Crippen LogP contribution in [-0.4, -0.2) is 12.8 Å². The number of rotatable bonds is 6. The average Bonchev–Trinajstić information content (AvgIpc) is 2.67. The molecule has 4 aromatic rings. The summed E-state index contributed by atoms with van der Waals surface area (Å²) in [5.74, 6) is 0.542. The molecular weight excluding hydrogens is 360 g/mol. The minimum atomic E-state index is -0.425. The van der Waals surface area contributed by atoms with E-state index in [2.05, 4.69) is 5.32 Å². The van der Waals surface area contributed by atoms with Gasteiger partial charge in [-0.25, -0.2) is 9.59 Å². The second-order valence-electron chi connectivity index (χ2n) is 6.29. The van der Waals surface area contributed by atoms with Crippen molar-refractivity contribution in [2.45, 2.75) is 12.6 Å². The number of nitrogens with two attached hydrogens (primary N) is 1. The summed E-state index contributed by atoms with van der Waals surface area (Å²) in [6.07, 6.45) is 0.110. The van der Waals surface area contributed by atoms with Crippen molar-refractivity contribution in [2.24, 2.45) is 5.73 Å². The van der Waals surface area contributed by atoms with E-state index >= 15 is 0 Å². The van der Waals surface area contributed by atoms with Crippen LogP contribution in [0.4, 0.5) is 5.69 Å². The van der Waals surface area contributed by atoms with E-state index < -0.39 is 17.5 Å². The van der Waals surface area contributed by atoms with Gasteiger partial charge in [-0.15, -0.1) is 0 Å². The Hall–Kier alpha value is -3.58. The molecular formula is C21H18N2O5. The third kappa shape index (κ3) is 3.89. The summed E-state index contributed by atoms with van der Waals surface area (Å²) < 4.78 is 16.4. The van der Waals surface area contributed by atoms with E-state index in [1.165, 1.54) is 12.1 Å². The Morgan fingerprint density at radius 1 is 0.857 bits per heavy atom. The highest BCUT2D eigenvalue weighted by Crippen LogP contribution is 2.23. The van der Waals surface area contributed by atoms with Gasteiger partial charge in [0.15, 0.2) is 6.23 Å². The van der Waals surface area contributed by atoms with Crippen LogP contribution in [0.3, 0.4) is 0 Å². The molecule has 0 fully saturated rings. The molecule has 3 N–H and O–H groups in total. The monoisotopic (exact) mass is 378 g/mol. The van der Waals surface area contributed by atoms with Crippen molar-refractivity contribution in [3.63, 3.8) is 0 Å². The summed E-state index contributed by atoms with van der Waals surface area (Å²) in [7, 11) is 0. The number of hydrogen-bond acceptors (Lipinski definition) is 7. The lowest BCUT2D eigenvalue weighted by molar-refractivity contribution is 0.222. The molecule has 28 heavy (non-hydrogen) atoms. The number of benzene rings is 2. The standard InChI is InChI=1S/C21H18N2O5/c22-10-9-19(23-15-5-1-13-3-7-20(24)27-17(13)11-15)26-16-6-2-14-4-8-21(25)28-18(14)12-16/h1-8,11-12,19,23H,9-10,22H2. The minimum absolute atomic E-state index is 0.405. The predicted molar refractivity (Wildman–Crippen MR) is 107 cm³/mol. The Morgan fingerprint density at radius 3 is 2.14 bits per heavy atom. The highest BCUT2D eigenvalue weighted by atomic mass is 16.5. The normalized spacial score (nSPS) is 12.2. The quantitative estimate of drug-likeness (QED) is 0.392. The molecule has 0 aliphatic carbocycles. The lowest BCUT2D eigenvalue weighted by atomic mass is 10.2. The van der Waals surface area contributed by atoms with Gasteiger partial charge in [0.25, 0.3) is 0 Å². The zero-order valence-electron chi connectivity index (χ0n) is 14.9. The molecule has 0 radical (unpaired) electrons. The average molecular weight is 378 g/mol. The van der Waals surface area contributed by atoms with Crippen LogP contribution in [0.25, 0.3) is 21.9 Å². The fourth-order valence-electron chi connectivity index (χ4n) is 2.93. The molecule has 7 heteroatoms. The fourth-order valence-corrected chi connectivity index (χ4v) is 2.93. The Labute approximate surface area is 159 Å². The van der Waals surface area contributed by atoms with Crippen molar-refractivity contribution >= 4 is 27.6 Å². The molecule has 2 aromatic carbocycles. The van der Waals surface area contributed by atoms with Gasteiger partial charge in [-0.05, 0) is 42.9 Å². The van der Waals surface area contributed by atoms with Gasteiger partial charge in [-0.2, -0.15) is 0 Å². The van der Waals surface area contributed by atoms with Gasteiger partial charge < -0.3 is 24.6 Å². The topological polar surface area (TPSA) is 108 Å². The molecule has 0 aliphatic rings. The Bertz CT molecular complexity index is 1150. The Balaban J connectivity index is 1.59. The molecule has 2 aromatic heterocycles. The summed E-state index contributed by atoms with van der Waals surface area (Å²) in [5.41, 5.74) is 6.55. The summed E-state index contributed by atoms with van der Waals surface area (Å²) in [6, 6.07) is 16.9. The van der Waals surface area contributed by atoms with Crippen LogP contribution in [0, 0.1) is 0 Å². The molecule has 0 saturated heterocycles. The van der Waals surface area contributed by atoms with Crippen LogP contribution in [0.1, 0.15) is 6.42 Å². The Kier molecular flexibility index (Phi) is 4.82. The van der Waals surface area contributed by atoms with Crippen molar-refractivity contribution in [1.29, 1.82) is 0 Å². The molecule has 0 aliphatic heterocycles. The van der Waals surface area contributed by atoms with Gasteiger partial charge in [0.1, 0.15) is 16.9 Å². The van der Waals surface area contributed by atoms with Crippen molar-refractivity contribution in [2.75, 3.05) is 11.9 Å². The van der Waals surface area contributed by atoms with Gasteiger partial charge in [0, 0.05) is 47.1 Å². The second kappa shape index (κ2) is 7.58. The summed E-state index contributed by atoms with van der Waals surface area (Å²) in [5, 5.41) is 4.87. The molecule has 0 saturated carbocycles. The number of ether oxygens (including phenoxy) is 1. The maximum atomic E-state index is 11.4. The van der Waals surface area contributed by atoms with E-state index in [1.807, 2.05) is 18.2 Å². The SMILES string of the molecule is NCCC(Nc1ccc2ccc(=O)oc2c1)Oc1ccc2ccc(=O)oc2c1. The Morgan fingerprint density at radius 2 is 1.46 bits per heavy atom. The number of fused-ring (bicyclic) bond motifs is 2. The van der Waals surface area contributed by atoms with E-state index in [0.717, 1.165) is 16.5 Å². The molecule has 0 amide bonds. The van der Waals surface area contributed by atoms with Crippen molar-refractivity contribution in [3.8, 4) is 5.75 Å². The van der Waals surface area contributed by atoms with Crippen LogP contribution < -0.4 is 27.0 Å². The molecule has 0 bridgehead atoms. The summed E-state index contributed by atoms with van der Waals surface area (Å²) in [4.78, 5) is 22.9. The van der Waals surface area contributed by atoms with Gasteiger partial charge in [-0.3, -0.25) is 0 Å². The molecule has 0 spiro atoms. The fraction of sp³-hybridized carbons (Fsp3) is 0.143. The zero-order valence-corrected chi connectivity index (χ0v) is 14.9. The largest absolute Gasteiger partial charge is 0.471 e. The first-order chi connectivity index (χ1) is 13.6. The van der Waals surface area contributed by atoms with E-state index in [1.54, 1.807) is 30.3 Å². The molecule has 4 rings (SSSR count). The number of hydrogen-bond donors (Lipinski definition) is 2. The zero-order chi connectivity index (χ0) is 19.5. The number of anilines is 1.